The number of aryl methyl sites for hydroxylation is 1. The quantitative estimate of drug-likeness (QED) is 0.899. The van der Waals surface area contributed by atoms with E-state index in [0.717, 1.165) is 55.6 Å². The highest BCUT2D eigenvalue weighted by Gasteiger charge is 2.16. The Balaban J connectivity index is 1.56. The van der Waals surface area contributed by atoms with E-state index in [1.54, 1.807) is 0 Å². The zero-order valence-corrected chi connectivity index (χ0v) is 14.6. The number of aromatic nitrogens is 2. The summed E-state index contributed by atoms with van der Waals surface area (Å²) in [4.78, 5) is 34.0. The predicted molar refractivity (Wildman–Crippen MR) is 97.1 cm³/mol. The Labute approximate surface area is 148 Å². The van der Waals surface area contributed by atoms with E-state index in [1.165, 1.54) is 0 Å². The van der Waals surface area contributed by atoms with Crippen molar-refractivity contribution >= 4 is 22.8 Å². The van der Waals surface area contributed by atoms with Crippen LogP contribution in [0.15, 0.2) is 24.3 Å². The molecule has 1 fully saturated rings. The standard InChI is InChI=1S/C19H26N4O2/c24-18-11-14-23(13-6-2-1-5-12-20-18)19(25)10-9-17-21-15-7-3-4-8-16(15)22-17/h3-4,7-8H,1-2,5-6,9-14H2,(H,20,24)(H,21,22). The molecule has 1 aliphatic rings. The molecule has 0 saturated carbocycles. The van der Waals surface area contributed by atoms with E-state index >= 15 is 0 Å². The van der Waals surface area contributed by atoms with Gasteiger partial charge in [0.15, 0.2) is 0 Å². The number of carbonyl (C=O) groups is 2. The average Bonchev–Trinajstić information content (AvgIpc) is 3.02. The van der Waals surface area contributed by atoms with Crippen LogP contribution in [0.5, 0.6) is 0 Å². The first-order chi connectivity index (χ1) is 12.2. The van der Waals surface area contributed by atoms with Crippen molar-refractivity contribution in [3.63, 3.8) is 0 Å². The van der Waals surface area contributed by atoms with Crippen molar-refractivity contribution in [2.75, 3.05) is 19.6 Å². The largest absolute Gasteiger partial charge is 0.356 e. The maximum atomic E-state index is 12.6. The molecule has 0 aliphatic carbocycles. The summed E-state index contributed by atoms with van der Waals surface area (Å²) in [6.45, 7) is 2.00. The fraction of sp³-hybridized carbons (Fsp3) is 0.526. The molecule has 2 amide bonds. The van der Waals surface area contributed by atoms with Crippen LogP contribution in [0, 0.1) is 0 Å². The van der Waals surface area contributed by atoms with Crippen LogP contribution < -0.4 is 5.32 Å². The van der Waals surface area contributed by atoms with Gasteiger partial charge in [-0.25, -0.2) is 4.98 Å². The number of fused-ring (bicyclic) bond motifs is 1. The highest BCUT2D eigenvalue weighted by Crippen LogP contribution is 2.12. The molecular formula is C19H26N4O2. The minimum atomic E-state index is 0.0389. The van der Waals surface area contributed by atoms with Crippen molar-refractivity contribution in [1.29, 1.82) is 0 Å². The van der Waals surface area contributed by atoms with Crippen molar-refractivity contribution in [2.24, 2.45) is 0 Å². The van der Waals surface area contributed by atoms with Crippen molar-refractivity contribution in [3.05, 3.63) is 30.1 Å². The van der Waals surface area contributed by atoms with Gasteiger partial charge < -0.3 is 15.2 Å². The third-order valence-electron chi connectivity index (χ3n) is 4.65. The number of carbonyl (C=O) groups excluding carboxylic acids is 2. The third-order valence-corrected chi connectivity index (χ3v) is 4.65. The van der Waals surface area contributed by atoms with E-state index in [4.69, 9.17) is 0 Å². The van der Waals surface area contributed by atoms with Gasteiger partial charge in [-0.05, 0) is 25.0 Å². The SMILES string of the molecule is O=C1CCN(C(=O)CCc2nc3ccccc3[nH]2)CCCCCCN1. The minimum absolute atomic E-state index is 0.0389. The maximum Gasteiger partial charge on any atom is 0.223 e. The van der Waals surface area contributed by atoms with Crippen LogP contribution in [0.3, 0.4) is 0 Å². The lowest BCUT2D eigenvalue weighted by Crippen LogP contribution is -2.36. The first-order valence-electron chi connectivity index (χ1n) is 9.20. The van der Waals surface area contributed by atoms with E-state index in [-0.39, 0.29) is 11.8 Å². The molecule has 6 nitrogen and oxygen atoms in total. The topological polar surface area (TPSA) is 78.1 Å². The monoisotopic (exact) mass is 342 g/mol. The first kappa shape index (κ1) is 17.5. The molecule has 1 aromatic heterocycles. The molecular weight excluding hydrogens is 316 g/mol. The molecule has 2 heterocycles. The predicted octanol–water partition coefficient (Wildman–Crippen LogP) is 2.40. The number of benzene rings is 1. The Morgan fingerprint density at radius 2 is 1.96 bits per heavy atom. The second kappa shape index (κ2) is 8.65. The van der Waals surface area contributed by atoms with Crippen LogP contribution in [-0.4, -0.2) is 46.3 Å². The molecule has 1 aliphatic heterocycles. The van der Waals surface area contributed by atoms with Gasteiger partial charge >= 0.3 is 0 Å². The number of imidazole rings is 1. The van der Waals surface area contributed by atoms with Crippen LogP contribution in [0.25, 0.3) is 11.0 Å². The van der Waals surface area contributed by atoms with Crippen LogP contribution in [-0.2, 0) is 16.0 Å². The smallest absolute Gasteiger partial charge is 0.223 e. The Bertz CT molecular complexity index is 692. The first-order valence-corrected chi connectivity index (χ1v) is 9.20. The lowest BCUT2D eigenvalue weighted by atomic mass is 10.2. The third kappa shape index (κ3) is 5.05. The van der Waals surface area contributed by atoms with Crippen LogP contribution in [0.2, 0.25) is 0 Å². The lowest BCUT2D eigenvalue weighted by Gasteiger charge is -2.22. The van der Waals surface area contributed by atoms with Crippen LogP contribution in [0.1, 0.15) is 44.3 Å². The van der Waals surface area contributed by atoms with Crippen molar-refractivity contribution in [1.82, 2.24) is 20.2 Å². The summed E-state index contributed by atoms with van der Waals surface area (Å²) in [5.41, 5.74) is 1.92. The number of hydrogen-bond acceptors (Lipinski definition) is 3. The summed E-state index contributed by atoms with van der Waals surface area (Å²) in [6.07, 6.45) is 5.62. The maximum absolute atomic E-state index is 12.6. The number of para-hydroxylation sites is 2. The number of hydrogen-bond donors (Lipinski definition) is 2. The summed E-state index contributed by atoms with van der Waals surface area (Å²) in [5.74, 6) is 0.981. The summed E-state index contributed by atoms with van der Waals surface area (Å²) >= 11 is 0. The number of H-pyrrole nitrogens is 1. The van der Waals surface area contributed by atoms with Gasteiger partial charge in [0.1, 0.15) is 5.82 Å². The molecule has 2 N–H and O–H groups in total. The number of amides is 2. The minimum Gasteiger partial charge on any atom is -0.356 e. The molecule has 1 saturated heterocycles. The molecule has 2 aromatic rings. The fourth-order valence-corrected chi connectivity index (χ4v) is 3.20. The van der Waals surface area contributed by atoms with Crippen molar-refractivity contribution < 1.29 is 9.59 Å². The average molecular weight is 342 g/mol. The van der Waals surface area contributed by atoms with Crippen molar-refractivity contribution in [2.45, 2.75) is 44.9 Å². The van der Waals surface area contributed by atoms with Crippen molar-refractivity contribution in [3.8, 4) is 0 Å². The molecule has 0 unspecified atom stereocenters. The van der Waals surface area contributed by atoms with Crippen LogP contribution >= 0.6 is 0 Å². The molecule has 3 rings (SSSR count). The zero-order chi connectivity index (χ0) is 17.5. The van der Waals surface area contributed by atoms with Gasteiger partial charge in [0.2, 0.25) is 11.8 Å². The second-order valence-corrected chi connectivity index (χ2v) is 6.60. The van der Waals surface area contributed by atoms with E-state index in [2.05, 4.69) is 15.3 Å². The fourth-order valence-electron chi connectivity index (χ4n) is 3.20. The van der Waals surface area contributed by atoms with Gasteiger partial charge in [-0.3, -0.25) is 9.59 Å². The zero-order valence-electron chi connectivity index (χ0n) is 14.6. The summed E-state index contributed by atoms with van der Waals surface area (Å²) in [7, 11) is 0. The number of rotatable bonds is 3. The van der Waals surface area contributed by atoms with Gasteiger partial charge in [0.25, 0.3) is 0 Å². The van der Waals surface area contributed by atoms with Gasteiger partial charge in [-0.2, -0.15) is 0 Å². The van der Waals surface area contributed by atoms with E-state index in [9.17, 15) is 9.59 Å². The van der Waals surface area contributed by atoms with Crippen LogP contribution in [0.4, 0.5) is 0 Å². The molecule has 25 heavy (non-hydrogen) atoms. The summed E-state index contributed by atoms with van der Waals surface area (Å²) in [6, 6.07) is 7.87. The summed E-state index contributed by atoms with van der Waals surface area (Å²) in [5, 5.41) is 2.92. The highest BCUT2D eigenvalue weighted by atomic mass is 16.2. The molecule has 134 valence electrons. The molecule has 6 heteroatoms. The number of aromatic amines is 1. The van der Waals surface area contributed by atoms with E-state index in [0.29, 0.717) is 25.8 Å². The van der Waals surface area contributed by atoms with Gasteiger partial charge in [0, 0.05) is 38.9 Å². The molecule has 0 spiro atoms. The Kier molecular flexibility index (Phi) is 6.04. The highest BCUT2D eigenvalue weighted by molar-refractivity contribution is 5.79. The Morgan fingerprint density at radius 3 is 2.84 bits per heavy atom. The molecule has 0 radical (unpaired) electrons. The normalized spacial score (nSPS) is 17.1. The van der Waals surface area contributed by atoms with Gasteiger partial charge in [-0.1, -0.05) is 25.0 Å². The number of nitrogens with one attached hydrogen (secondary N) is 2. The van der Waals surface area contributed by atoms with E-state index in [1.807, 2.05) is 29.2 Å². The molecule has 1 aromatic carbocycles. The van der Waals surface area contributed by atoms with Gasteiger partial charge in [0.05, 0.1) is 11.0 Å². The Hall–Kier alpha value is -2.37. The molecule has 0 bridgehead atoms. The summed E-state index contributed by atoms with van der Waals surface area (Å²) < 4.78 is 0. The number of nitrogens with zero attached hydrogens (tertiary/aromatic N) is 2. The second-order valence-electron chi connectivity index (χ2n) is 6.60. The van der Waals surface area contributed by atoms with E-state index < -0.39 is 0 Å². The Morgan fingerprint density at radius 1 is 1.12 bits per heavy atom. The van der Waals surface area contributed by atoms with Gasteiger partial charge in [-0.15, -0.1) is 0 Å². The lowest BCUT2D eigenvalue weighted by molar-refractivity contribution is -0.132. The molecule has 0 atom stereocenters.